The van der Waals surface area contributed by atoms with Gasteiger partial charge in [-0.05, 0) is 36.4 Å². The van der Waals surface area contributed by atoms with Gasteiger partial charge in [0.15, 0.2) is 0 Å². The number of carboxylic acid groups (broad SMARTS) is 1. The fourth-order valence-electron chi connectivity index (χ4n) is 2.09. The Kier molecular flexibility index (Phi) is 3.90. The Balaban J connectivity index is 2.40. The molecule has 2 rings (SSSR count). The van der Waals surface area contributed by atoms with Crippen molar-refractivity contribution in [2.75, 3.05) is 7.11 Å². The van der Waals surface area contributed by atoms with Crippen LogP contribution < -0.4 is 4.74 Å². The van der Waals surface area contributed by atoms with Crippen LogP contribution in [0.2, 0.25) is 0 Å². The molecular formula is C15H16O3S. The molecule has 0 aliphatic carbocycles. The van der Waals surface area contributed by atoms with E-state index in [4.69, 9.17) is 4.74 Å². The van der Waals surface area contributed by atoms with Crippen LogP contribution in [0.5, 0.6) is 5.75 Å². The van der Waals surface area contributed by atoms with E-state index in [9.17, 15) is 9.90 Å². The van der Waals surface area contributed by atoms with E-state index in [2.05, 4.69) is 0 Å². The van der Waals surface area contributed by atoms with Crippen LogP contribution in [-0.2, 0) is 16.6 Å². The second-order valence-electron chi connectivity index (χ2n) is 4.60. The molecule has 0 bridgehead atoms. The minimum absolute atomic E-state index is 0.410. The first kappa shape index (κ1) is 13.6. The summed E-state index contributed by atoms with van der Waals surface area (Å²) in [5.41, 5.74) is -0.0219. The summed E-state index contributed by atoms with van der Waals surface area (Å²) in [4.78, 5) is 12.5. The Morgan fingerprint density at radius 3 is 2.63 bits per heavy atom. The quantitative estimate of drug-likeness (QED) is 0.911. The Bertz CT molecular complexity index is 563. The summed E-state index contributed by atoms with van der Waals surface area (Å²) in [6.07, 6.45) is 0.410. The highest BCUT2D eigenvalue weighted by atomic mass is 32.1. The molecule has 0 amide bonds. The number of ether oxygens (including phenoxy) is 1. The first-order chi connectivity index (χ1) is 9.08. The molecule has 1 unspecified atom stereocenters. The molecule has 0 saturated carbocycles. The summed E-state index contributed by atoms with van der Waals surface area (Å²) in [6.45, 7) is 1.76. The van der Waals surface area contributed by atoms with Gasteiger partial charge in [-0.25, -0.2) is 0 Å². The molecule has 1 atom stereocenters. The van der Waals surface area contributed by atoms with Gasteiger partial charge in [0, 0.05) is 4.88 Å². The highest BCUT2D eigenvalue weighted by Crippen LogP contribution is 2.34. The predicted molar refractivity (Wildman–Crippen MR) is 76.0 cm³/mol. The molecule has 19 heavy (non-hydrogen) atoms. The molecule has 0 aliphatic rings. The monoisotopic (exact) mass is 276 g/mol. The zero-order chi connectivity index (χ0) is 13.9. The summed E-state index contributed by atoms with van der Waals surface area (Å²) in [5, 5.41) is 11.5. The highest BCUT2D eigenvalue weighted by molar-refractivity contribution is 7.10. The molecule has 0 spiro atoms. The van der Waals surface area contributed by atoms with Crippen molar-refractivity contribution in [3.05, 3.63) is 52.2 Å². The summed E-state index contributed by atoms with van der Waals surface area (Å²) < 4.78 is 5.30. The molecule has 0 fully saturated rings. The molecule has 0 aliphatic heterocycles. The molecule has 4 heteroatoms. The first-order valence-corrected chi connectivity index (χ1v) is 6.85. The van der Waals surface area contributed by atoms with Crippen LogP contribution in [0.1, 0.15) is 17.4 Å². The number of para-hydroxylation sites is 1. The van der Waals surface area contributed by atoms with Crippen LogP contribution in [-0.4, -0.2) is 18.2 Å². The molecule has 1 heterocycles. The maximum Gasteiger partial charge on any atom is 0.315 e. The van der Waals surface area contributed by atoms with Crippen molar-refractivity contribution in [1.82, 2.24) is 0 Å². The Labute approximate surface area is 116 Å². The van der Waals surface area contributed by atoms with Gasteiger partial charge in [0.05, 0.1) is 7.11 Å². The fourth-order valence-corrected chi connectivity index (χ4v) is 2.97. The lowest BCUT2D eigenvalue weighted by molar-refractivity contribution is -0.143. The average molecular weight is 276 g/mol. The average Bonchev–Trinajstić information content (AvgIpc) is 2.93. The van der Waals surface area contributed by atoms with Crippen LogP contribution in [0.15, 0.2) is 41.8 Å². The standard InChI is InChI=1S/C15H16O3S/c1-15(14(16)17,13-8-5-9-19-13)10-11-6-3-4-7-12(11)18-2/h3-9H,10H2,1-2H3,(H,16,17). The van der Waals surface area contributed by atoms with Crippen molar-refractivity contribution in [3.8, 4) is 5.75 Å². The zero-order valence-corrected chi connectivity index (χ0v) is 11.7. The van der Waals surface area contributed by atoms with E-state index in [1.807, 2.05) is 41.8 Å². The third-order valence-electron chi connectivity index (χ3n) is 3.27. The van der Waals surface area contributed by atoms with Crippen molar-refractivity contribution in [3.63, 3.8) is 0 Å². The molecule has 1 N–H and O–H groups in total. The molecule has 1 aromatic heterocycles. The van der Waals surface area contributed by atoms with Crippen LogP contribution in [0.3, 0.4) is 0 Å². The van der Waals surface area contributed by atoms with Crippen molar-refractivity contribution in [2.24, 2.45) is 0 Å². The molecule has 0 radical (unpaired) electrons. The number of rotatable bonds is 5. The topological polar surface area (TPSA) is 46.5 Å². The van der Waals surface area contributed by atoms with Crippen LogP contribution in [0.4, 0.5) is 0 Å². The summed E-state index contributed by atoms with van der Waals surface area (Å²) >= 11 is 1.47. The lowest BCUT2D eigenvalue weighted by Crippen LogP contribution is -2.34. The zero-order valence-electron chi connectivity index (χ0n) is 10.9. The van der Waals surface area contributed by atoms with Crippen molar-refractivity contribution < 1.29 is 14.6 Å². The Morgan fingerprint density at radius 1 is 1.32 bits per heavy atom. The third kappa shape index (κ3) is 2.63. The van der Waals surface area contributed by atoms with Gasteiger partial charge in [0.1, 0.15) is 11.2 Å². The number of aliphatic carboxylic acids is 1. The fraction of sp³-hybridized carbons (Fsp3) is 0.267. The first-order valence-electron chi connectivity index (χ1n) is 5.97. The highest BCUT2D eigenvalue weighted by Gasteiger charge is 2.37. The number of hydrogen-bond donors (Lipinski definition) is 1. The van der Waals surface area contributed by atoms with Gasteiger partial charge in [-0.15, -0.1) is 11.3 Å². The predicted octanol–water partition coefficient (Wildman–Crippen LogP) is 3.34. The van der Waals surface area contributed by atoms with E-state index >= 15 is 0 Å². The van der Waals surface area contributed by atoms with Crippen molar-refractivity contribution in [2.45, 2.75) is 18.8 Å². The van der Waals surface area contributed by atoms with Crippen molar-refractivity contribution >= 4 is 17.3 Å². The van der Waals surface area contributed by atoms with E-state index in [-0.39, 0.29) is 0 Å². The van der Waals surface area contributed by atoms with Crippen LogP contribution >= 0.6 is 11.3 Å². The maximum atomic E-state index is 11.7. The number of methoxy groups -OCH3 is 1. The molecule has 100 valence electrons. The third-order valence-corrected chi connectivity index (χ3v) is 4.41. The molecule has 0 saturated heterocycles. The van der Waals surface area contributed by atoms with E-state index < -0.39 is 11.4 Å². The lowest BCUT2D eigenvalue weighted by Gasteiger charge is -2.24. The van der Waals surface area contributed by atoms with Gasteiger partial charge in [0.25, 0.3) is 0 Å². The minimum Gasteiger partial charge on any atom is -0.496 e. The largest absolute Gasteiger partial charge is 0.496 e. The van der Waals surface area contributed by atoms with Gasteiger partial charge >= 0.3 is 5.97 Å². The maximum absolute atomic E-state index is 11.7. The smallest absolute Gasteiger partial charge is 0.315 e. The number of thiophene rings is 1. The molecule has 1 aromatic carbocycles. The van der Waals surface area contributed by atoms with E-state index in [1.54, 1.807) is 14.0 Å². The van der Waals surface area contributed by atoms with E-state index in [0.717, 1.165) is 16.2 Å². The number of carboxylic acids is 1. The Hall–Kier alpha value is -1.81. The Morgan fingerprint density at radius 2 is 2.05 bits per heavy atom. The van der Waals surface area contributed by atoms with Crippen LogP contribution in [0.25, 0.3) is 0 Å². The second kappa shape index (κ2) is 5.45. The molecule has 2 aromatic rings. The van der Waals surface area contributed by atoms with Gasteiger partial charge in [-0.2, -0.15) is 0 Å². The van der Waals surface area contributed by atoms with Crippen molar-refractivity contribution in [1.29, 1.82) is 0 Å². The SMILES string of the molecule is COc1ccccc1CC(C)(C(=O)O)c1cccs1. The van der Waals surface area contributed by atoms with Gasteiger partial charge in [0.2, 0.25) is 0 Å². The minimum atomic E-state index is -0.928. The summed E-state index contributed by atoms with van der Waals surface area (Å²) in [6, 6.07) is 11.3. The normalized spacial score (nSPS) is 13.8. The number of carbonyl (C=O) groups is 1. The second-order valence-corrected chi connectivity index (χ2v) is 5.55. The number of benzene rings is 1. The van der Waals surface area contributed by atoms with Crippen LogP contribution in [0, 0.1) is 0 Å². The van der Waals surface area contributed by atoms with Gasteiger partial charge in [-0.1, -0.05) is 24.3 Å². The van der Waals surface area contributed by atoms with Gasteiger partial charge < -0.3 is 9.84 Å². The number of hydrogen-bond acceptors (Lipinski definition) is 3. The van der Waals surface area contributed by atoms with E-state index in [0.29, 0.717) is 6.42 Å². The van der Waals surface area contributed by atoms with E-state index in [1.165, 1.54) is 11.3 Å². The molecule has 3 nitrogen and oxygen atoms in total. The molecular weight excluding hydrogens is 260 g/mol. The summed E-state index contributed by atoms with van der Waals surface area (Å²) in [5.74, 6) is -0.0904. The summed E-state index contributed by atoms with van der Waals surface area (Å²) in [7, 11) is 1.60. The van der Waals surface area contributed by atoms with Gasteiger partial charge in [-0.3, -0.25) is 4.79 Å². The lowest BCUT2D eigenvalue weighted by atomic mass is 9.82.